The molecule has 1 heterocycles. The SMILES string of the molecule is [C-]#[N+]c1ncc(F)cc1N. The molecule has 0 atom stereocenters. The van der Waals surface area contributed by atoms with Crippen LogP contribution in [0.1, 0.15) is 0 Å². The summed E-state index contributed by atoms with van der Waals surface area (Å²) in [6.07, 6.45) is 0.962. The van der Waals surface area contributed by atoms with Gasteiger partial charge in [-0.05, 0) is 6.07 Å². The standard InChI is InChI=1S/C6H4FN3/c1-9-6-5(8)2-4(7)3-10-6/h2-3H,8H2. The Kier molecular flexibility index (Phi) is 1.50. The van der Waals surface area contributed by atoms with E-state index in [-0.39, 0.29) is 11.5 Å². The van der Waals surface area contributed by atoms with Gasteiger partial charge < -0.3 is 10.6 Å². The molecule has 3 nitrogen and oxygen atoms in total. The van der Waals surface area contributed by atoms with Crippen LogP contribution in [0.5, 0.6) is 0 Å². The summed E-state index contributed by atoms with van der Waals surface area (Å²) in [4.78, 5) is 6.40. The zero-order valence-corrected chi connectivity index (χ0v) is 5.00. The highest BCUT2D eigenvalue weighted by Crippen LogP contribution is 2.17. The van der Waals surface area contributed by atoms with Gasteiger partial charge in [0.2, 0.25) is 0 Å². The van der Waals surface area contributed by atoms with Gasteiger partial charge in [-0.2, -0.15) is 0 Å². The van der Waals surface area contributed by atoms with E-state index in [9.17, 15) is 4.39 Å². The van der Waals surface area contributed by atoms with Crippen molar-refractivity contribution in [3.63, 3.8) is 0 Å². The fourth-order valence-electron chi connectivity index (χ4n) is 0.541. The molecule has 0 aromatic carbocycles. The first-order chi connectivity index (χ1) is 4.74. The second kappa shape index (κ2) is 2.31. The van der Waals surface area contributed by atoms with Gasteiger partial charge in [-0.3, -0.25) is 0 Å². The number of nitrogen functional groups attached to an aromatic ring is 1. The van der Waals surface area contributed by atoms with Gasteiger partial charge in [-0.1, -0.05) is 6.57 Å². The van der Waals surface area contributed by atoms with Crippen molar-refractivity contribution in [3.8, 4) is 0 Å². The maximum Gasteiger partial charge on any atom is 0.292 e. The molecular formula is C6H4FN3. The maximum atomic E-state index is 12.2. The number of halogens is 1. The van der Waals surface area contributed by atoms with Crippen LogP contribution < -0.4 is 5.73 Å². The fraction of sp³-hybridized carbons (Fsp3) is 0. The molecule has 0 fully saturated rings. The maximum absolute atomic E-state index is 12.2. The van der Waals surface area contributed by atoms with Crippen LogP contribution in [-0.2, 0) is 0 Å². The van der Waals surface area contributed by atoms with Crippen molar-refractivity contribution < 1.29 is 4.39 Å². The zero-order chi connectivity index (χ0) is 7.56. The average molecular weight is 137 g/mol. The number of hydrogen-bond acceptors (Lipinski definition) is 2. The Hall–Kier alpha value is -1.63. The minimum Gasteiger partial charge on any atom is -0.406 e. The number of rotatable bonds is 0. The van der Waals surface area contributed by atoms with Crippen LogP contribution in [0.4, 0.5) is 15.9 Å². The summed E-state index contributed by atoms with van der Waals surface area (Å²) in [5.41, 5.74) is 5.29. The molecule has 0 radical (unpaired) electrons. The second-order valence-corrected chi connectivity index (χ2v) is 1.68. The van der Waals surface area contributed by atoms with Crippen LogP contribution in [0.15, 0.2) is 12.3 Å². The molecule has 0 unspecified atom stereocenters. The van der Waals surface area contributed by atoms with Crippen LogP contribution in [-0.4, -0.2) is 4.98 Å². The van der Waals surface area contributed by atoms with Gasteiger partial charge in [-0.15, -0.1) is 4.98 Å². The van der Waals surface area contributed by atoms with Gasteiger partial charge >= 0.3 is 0 Å². The lowest BCUT2D eigenvalue weighted by Gasteiger charge is -1.92. The predicted molar refractivity (Wildman–Crippen MR) is 34.9 cm³/mol. The molecule has 10 heavy (non-hydrogen) atoms. The molecule has 0 amide bonds. The Labute approximate surface area is 57.1 Å². The number of hydrogen-bond donors (Lipinski definition) is 1. The summed E-state index contributed by atoms with van der Waals surface area (Å²) in [5, 5.41) is 0. The minimum absolute atomic E-state index is 0.0430. The summed E-state index contributed by atoms with van der Waals surface area (Å²) in [7, 11) is 0. The Morgan fingerprint density at radius 1 is 1.70 bits per heavy atom. The quantitative estimate of drug-likeness (QED) is 0.548. The second-order valence-electron chi connectivity index (χ2n) is 1.68. The predicted octanol–water partition coefficient (Wildman–Crippen LogP) is 1.35. The van der Waals surface area contributed by atoms with Crippen LogP contribution >= 0.6 is 0 Å². The smallest absolute Gasteiger partial charge is 0.292 e. The number of nitrogens with zero attached hydrogens (tertiary/aromatic N) is 2. The Morgan fingerprint density at radius 2 is 2.40 bits per heavy atom. The molecule has 0 aliphatic carbocycles. The van der Waals surface area contributed by atoms with Gasteiger partial charge in [-0.25, -0.2) is 4.39 Å². The summed E-state index contributed by atoms with van der Waals surface area (Å²) in [6, 6.07) is 1.07. The molecule has 1 aromatic heterocycles. The highest BCUT2D eigenvalue weighted by molar-refractivity contribution is 5.61. The lowest BCUT2D eigenvalue weighted by atomic mass is 10.4. The van der Waals surface area contributed by atoms with Gasteiger partial charge in [0.05, 0.1) is 5.69 Å². The lowest BCUT2D eigenvalue weighted by Crippen LogP contribution is -1.88. The van der Waals surface area contributed by atoms with Gasteiger partial charge in [0, 0.05) is 0 Å². The van der Waals surface area contributed by atoms with E-state index in [1.54, 1.807) is 0 Å². The number of pyridine rings is 1. The third-order valence-electron chi connectivity index (χ3n) is 0.968. The van der Waals surface area contributed by atoms with Crippen molar-refractivity contribution >= 4 is 11.5 Å². The average Bonchev–Trinajstić information content (AvgIpc) is 1.88. The summed E-state index contributed by atoms with van der Waals surface area (Å²) >= 11 is 0. The van der Waals surface area contributed by atoms with Crippen LogP contribution in [0.3, 0.4) is 0 Å². The molecule has 50 valence electrons. The molecular weight excluding hydrogens is 133 g/mol. The van der Waals surface area contributed by atoms with Crippen LogP contribution in [0.2, 0.25) is 0 Å². The monoisotopic (exact) mass is 137 g/mol. The van der Waals surface area contributed by atoms with E-state index in [0.717, 1.165) is 12.3 Å². The molecule has 0 bridgehead atoms. The Balaban J connectivity index is 3.23. The molecule has 0 saturated carbocycles. The van der Waals surface area contributed by atoms with E-state index in [0.29, 0.717) is 0 Å². The minimum atomic E-state index is -0.523. The first-order valence-electron chi connectivity index (χ1n) is 2.52. The van der Waals surface area contributed by atoms with Gasteiger partial charge in [0.25, 0.3) is 5.82 Å². The van der Waals surface area contributed by atoms with E-state index in [1.165, 1.54) is 0 Å². The summed E-state index contributed by atoms with van der Waals surface area (Å²) in [5.74, 6) is -0.480. The summed E-state index contributed by atoms with van der Waals surface area (Å²) in [6.45, 7) is 6.52. The molecule has 0 spiro atoms. The lowest BCUT2D eigenvalue weighted by molar-refractivity contribution is 0.623. The third kappa shape index (κ3) is 1.03. The van der Waals surface area contributed by atoms with E-state index in [1.807, 2.05) is 0 Å². The normalized spacial score (nSPS) is 8.80. The van der Waals surface area contributed by atoms with Crippen molar-refractivity contribution in [1.82, 2.24) is 4.98 Å². The van der Waals surface area contributed by atoms with E-state index in [4.69, 9.17) is 12.3 Å². The van der Waals surface area contributed by atoms with Crippen molar-refractivity contribution in [2.45, 2.75) is 0 Å². The number of anilines is 1. The van der Waals surface area contributed by atoms with Gasteiger partial charge in [0.1, 0.15) is 0 Å². The molecule has 1 aromatic rings. The van der Waals surface area contributed by atoms with E-state index >= 15 is 0 Å². The van der Waals surface area contributed by atoms with Crippen molar-refractivity contribution in [2.24, 2.45) is 0 Å². The first kappa shape index (κ1) is 6.49. The molecule has 0 aliphatic rings. The largest absolute Gasteiger partial charge is 0.406 e. The zero-order valence-electron chi connectivity index (χ0n) is 5.00. The topological polar surface area (TPSA) is 43.3 Å². The molecule has 4 heteroatoms. The molecule has 0 saturated heterocycles. The third-order valence-corrected chi connectivity index (χ3v) is 0.968. The highest BCUT2D eigenvalue weighted by Gasteiger charge is 2.00. The Morgan fingerprint density at radius 3 is 2.90 bits per heavy atom. The first-order valence-corrected chi connectivity index (χ1v) is 2.52. The fourth-order valence-corrected chi connectivity index (χ4v) is 0.541. The van der Waals surface area contributed by atoms with E-state index in [2.05, 4.69) is 9.83 Å². The van der Waals surface area contributed by atoms with Crippen LogP contribution in [0.25, 0.3) is 4.85 Å². The van der Waals surface area contributed by atoms with Crippen LogP contribution in [0, 0.1) is 12.4 Å². The molecule has 0 aliphatic heterocycles. The van der Waals surface area contributed by atoms with Crippen molar-refractivity contribution in [1.29, 1.82) is 0 Å². The highest BCUT2D eigenvalue weighted by atomic mass is 19.1. The molecule has 1 rings (SSSR count). The molecule has 2 N–H and O–H groups in total. The van der Waals surface area contributed by atoms with Crippen molar-refractivity contribution in [2.75, 3.05) is 5.73 Å². The van der Waals surface area contributed by atoms with Crippen molar-refractivity contribution in [3.05, 3.63) is 29.5 Å². The Bertz CT molecular complexity index is 290. The van der Waals surface area contributed by atoms with Gasteiger partial charge in [0.15, 0.2) is 12.0 Å². The summed E-state index contributed by atoms with van der Waals surface area (Å²) < 4.78 is 12.2. The van der Waals surface area contributed by atoms with E-state index < -0.39 is 5.82 Å². The number of aromatic nitrogens is 1. The number of nitrogens with two attached hydrogens (primary N) is 1.